The lowest BCUT2D eigenvalue weighted by Gasteiger charge is -2.22. The van der Waals surface area contributed by atoms with Crippen molar-refractivity contribution in [1.29, 1.82) is 0 Å². The van der Waals surface area contributed by atoms with Crippen molar-refractivity contribution >= 4 is 27.9 Å². The van der Waals surface area contributed by atoms with Crippen LogP contribution < -0.4 is 0 Å². The fourth-order valence-corrected chi connectivity index (χ4v) is 7.69. The number of esters is 2. The summed E-state index contributed by atoms with van der Waals surface area (Å²) in [7, 11) is 0. The number of unbranched alkanes of at least 4 members (excludes halogenated alkanes) is 23. The second kappa shape index (κ2) is 42.5. The maximum absolute atomic E-state index is 12.8. The molecule has 0 spiro atoms. The molecule has 53 heavy (non-hydrogen) atoms. The molecule has 5 nitrogen and oxygen atoms in total. The maximum Gasteiger partial charge on any atom is 0.306 e. The Morgan fingerprint density at radius 1 is 0.415 bits per heavy atom. The number of nitrogens with zero attached hydrogens (tertiary/aromatic N) is 1. The molecule has 0 aliphatic heterocycles. The van der Waals surface area contributed by atoms with Crippen LogP contribution in [0.2, 0.25) is 0 Å². The second-order valence-corrected chi connectivity index (χ2v) is 17.0. The summed E-state index contributed by atoms with van der Waals surface area (Å²) in [5.74, 6) is 0.0479. The van der Waals surface area contributed by atoms with E-state index in [4.69, 9.17) is 9.47 Å². The van der Waals surface area contributed by atoms with Crippen LogP contribution in [-0.4, -0.2) is 54.0 Å². The fraction of sp³-hybridized carbons (Fsp3) is 0.957. The van der Waals surface area contributed by atoms with Crippen LogP contribution in [0.15, 0.2) is 0 Å². The second-order valence-electron chi connectivity index (χ2n) is 16.2. The zero-order valence-corrected chi connectivity index (χ0v) is 37.8. The third-order valence-electron chi connectivity index (χ3n) is 11.0. The highest BCUT2D eigenvalue weighted by molar-refractivity contribution is 9.09. The van der Waals surface area contributed by atoms with E-state index in [1.165, 1.54) is 180 Å². The summed E-state index contributed by atoms with van der Waals surface area (Å²) in [5, 5.41) is 1.06. The number of alkyl halides is 1. The van der Waals surface area contributed by atoms with Crippen LogP contribution in [0.4, 0.5) is 0 Å². The highest BCUT2D eigenvalue weighted by Gasteiger charge is 2.15. The Bertz CT molecular complexity index is 749. The lowest BCUT2D eigenvalue weighted by Crippen LogP contribution is -2.27. The summed E-state index contributed by atoms with van der Waals surface area (Å²) < 4.78 is 11.8. The minimum atomic E-state index is 0.00922. The van der Waals surface area contributed by atoms with Crippen molar-refractivity contribution in [2.75, 3.05) is 25.0 Å². The van der Waals surface area contributed by atoms with Gasteiger partial charge >= 0.3 is 11.9 Å². The van der Waals surface area contributed by atoms with Crippen LogP contribution in [-0.2, 0) is 19.1 Å². The molecule has 0 saturated heterocycles. The van der Waals surface area contributed by atoms with Gasteiger partial charge in [-0.2, -0.15) is 0 Å². The number of carbonyl (C=O) groups is 2. The quantitative estimate of drug-likeness (QED) is 0.0349. The van der Waals surface area contributed by atoms with E-state index in [0.717, 1.165) is 56.7 Å². The average Bonchev–Trinajstić information content (AvgIpc) is 3.15. The van der Waals surface area contributed by atoms with Gasteiger partial charge in [0.15, 0.2) is 0 Å². The molecule has 6 heteroatoms. The molecule has 0 aromatic rings. The fourth-order valence-electron chi connectivity index (χ4n) is 7.44. The molecule has 0 N–H and O–H groups in total. The number of ether oxygens (including phenoxy) is 2. The molecule has 0 rings (SSSR count). The first kappa shape index (κ1) is 52.4. The Hall–Kier alpha value is -0.620. The first-order valence-corrected chi connectivity index (χ1v) is 24.8. The lowest BCUT2D eigenvalue weighted by molar-refractivity contribution is -0.150. The highest BCUT2D eigenvalue weighted by atomic mass is 79.9. The third kappa shape index (κ3) is 38.1. The molecule has 0 aliphatic carbocycles. The molecular formula is C47H92BrNO4. The van der Waals surface area contributed by atoms with Crippen LogP contribution in [0.3, 0.4) is 0 Å². The molecule has 0 bridgehead atoms. The average molecular weight is 815 g/mol. The van der Waals surface area contributed by atoms with E-state index in [-0.39, 0.29) is 24.1 Å². The topological polar surface area (TPSA) is 55.8 Å². The molecule has 0 aromatic carbocycles. The van der Waals surface area contributed by atoms with Crippen molar-refractivity contribution in [1.82, 2.24) is 4.90 Å². The molecule has 316 valence electrons. The van der Waals surface area contributed by atoms with Crippen LogP contribution in [0.5, 0.6) is 0 Å². The summed E-state index contributed by atoms with van der Waals surface area (Å²) in [5.41, 5.74) is 0. The summed E-state index contributed by atoms with van der Waals surface area (Å²) in [6.45, 7) is 12.5. The Morgan fingerprint density at radius 3 is 1.13 bits per heavy atom. The van der Waals surface area contributed by atoms with E-state index in [1.807, 2.05) is 0 Å². The SMILES string of the molecule is CCCCCCCCC(CC)OC(=O)CCCCCCCN(CCCBr)CCCCCCCC(=O)OC(CCCCCCCC)CCCCCCCC. The van der Waals surface area contributed by atoms with Gasteiger partial charge in [0.25, 0.3) is 0 Å². The Kier molecular flexibility index (Phi) is 42.0. The van der Waals surface area contributed by atoms with E-state index in [1.54, 1.807) is 0 Å². The summed E-state index contributed by atoms with van der Waals surface area (Å²) in [4.78, 5) is 27.8. The van der Waals surface area contributed by atoms with Crippen LogP contribution in [0.1, 0.15) is 252 Å². The zero-order chi connectivity index (χ0) is 38.9. The number of hydrogen-bond acceptors (Lipinski definition) is 5. The molecule has 0 aliphatic rings. The van der Waals surface area contributed by atoms with Crippen LogP contribution >= 0.6 is 15.9 Å². The first-order chi connectivity index (χ1) is 26.0. The molecule has 0 fully saturated rings. The molecule has 0 amide bonds. The molecule has 0 aromatic heterocycles. The smallest absolute Gasteiger partial charge is 0.306 e. The molecule has 0 heterocycles. The van der Waals surface area contributed by atoms with Crippen molar-refractivity contribution in [3.8, 4) is 0 Å². The predicted octanol–water partition coefficient (Wildman–Crippen LogP) is 15.2. The van der Waals surface area contributed by atoms with Crippen molar-refractivity contribution in [3.05, 3.63) is 0 Å². The van der Waals surface area contributed by atoms with Crippen LogP contribution in [0, 0.1) is 0 Å². The van der Waals surface area contributed by atoms with E-state index in [9.17, 15) is 9.59 Å². The largest absolute Gasteiger partial charge is 0.462 e. The van der Waals surface area contributed by atoms with Crippen molar-refractivity contribution in [2.24, 2.45) is 0 Å². The maximum atomic E-state index is 12.8. The van der Waals surface area contributed by atoms with Gasteiger partial charge in [0.1, 0.15) is 12.2 Å². The minimum absolute atomic E-state index is 0.00922. The van der Waals surface area contributed by atoms with Crippen molar-refractivity contribution in [3.63, 3.8) is 0 Å². The summed E-state index contributed by atoms with van der Waals surface area (Å²) >= 11 is 3.62. The monoisotopic (exact) mass is 814 g/mol. The standard InChI is InChI=1S/C47H92BrNO4/c1-5-9-12-15-20-27-35-44(8-4)52-46(50)38-30-23-18-25-32-41-49(43-34-40-48)42-33-26-19-24-31-39-47(51)53-45(36-28-21-16-13-10-6-2)37-29-22-17-14-11-7-3/h44-45H,5-43H2,1-4H3. The van der Waals surface area contributed by atoms with Crippen LogP contribution in [0.25, 0.3) is 0 Å². The number of carbonyl (C=O) groups excluding carboxylic acids is 2. The van der Waals surface area contributed by atoms with Crippen molar-refractivity contribution in [2.45, 2.75) is 265 Å². The summed E-state index contributed by atoms with van der Waals surface area (Å²) in [6, 6.07) is 0. The van der Waals surface area contributed by atoms with E-state index in [2.05, 4.69) is 48.5 Å². The van der Waals surface area contributed by atoms with Gasteiger partial charge < -0.3 is 14.4 Å². The third-order valence-corrected chi connectivity index (χ3v) is 11.6. The van der Waals surface area contributed by atoms with Gasteiger partial charge in [-0.05, 0) is 96.7 Å². The molecule has 1 atom stereocenters. The number of rotatable bonds is 43. The van der Waals surface area contributed by atoms with E-state index < -0.39 is 0 Å². The number of hydrogen-bond donors (Lipinski definition) is 0. The van der Waals surface area contributed by atoms with Gasteiger partial charge in [-0.1, -0.05) is 178 Å². The van der Waals surface area contributed by atoms with E-state index >= 15 is 0 Å². The van der Waals surface area contributed by atoms with Gasteiger partial charge in [0, 0.05) is 18.2 Å². The first-order valence-electron chi connectivity index (χ1n) is 23.7. The Balaban J connectivity index is 4.12. The van der Waals surface area contributed by atoms with Gasteiger partial charge in [0.05, 0.1) is 0 Å². The van der Waals surface area contributed by atoms with Gasteiger partial charge in [-0.3, -0.25) is 9.59 Å². The van der Waals surface area contributed by atoms with Crippen molar-refractivity contribution < 1.29 is 19.1 Å². The van der Waals surface area contributed by atoms with Gasteiger partial charge in [0.2, 0.25) is 0 Å². The molecular weight excluding hydrogens is 722 g/mol. The highest BCUT2D eigenvalue weighted by Crippen LogP contribution is 2.19. The Labute approximate surface area is 340 Å². The molecule has 0 radical (unpaired) electrons. The van der Waals surface area contributed by atoms with E-state index in [0.29, 0.717) is 12.8 Å². The number of halogens is 1. The predicted molar refractivity (Wildman–Crippen MR) is 234 cm³/mol. The lowest BCUT2D eigenvalue weighted by atomic mass is 10.0. The molecule has 0 saturated carbocycles. The normalized spacial score (nSPS) is 12.2. The van der Waals surface area contributed by atoms with Gasteiger partial charge in [-0.25, -0.2) is 0 Å². The minimum Gasteiger partial charge on any atom is -0.462 e. The summed E-state index contributed by atoms with van der Waals surface area (Å²) in [6.07, 6.45) is 41.4. The molecule has 1 unspecified atom stereocenters. The van der Waals surface area contributed by atoms with Gasteiger partial charge in [-0.15, -0.1) is 0 Å². The zero-order valence-electron chi connectivity index (χ0n) is 36.2. The Morgan fingerprint density at radius 2 is 0.736 bits per heavy atom.